The molecule has 0 radical (unpaired) electrons. The highest BCUT2D eigenvalue weighted by molar-refractivity contribution is 5.09. The van der Waals surface area contributed by atoms with Crippen LogP contribution in [-0.4, -0.2) is 23.5 Å². The van der Waals surface area contributed by atoms with E-state index in [0.717, 1.165) is 5.92 Å². The van der Waals surface area contributed by atoms with Crippen molar-refractivity contribution >= 4 is 0 Å². The van der Waals surface area contributed by atoms with Gasteiger partial charge < -0.3 is 0 Å². The Balaban J connectivity index is 2.14. The minimum atomic E-state index is 0.579. The average Bonchev–Trinajstić information content (AvgIpc) is 2.75. The molecule has 0 aromatic heterocycles. The van der Waals surface area contributed by atoms with Crippen LogP contribution < -0.4 is 0 Å². The smallest absolute Gasteiger partial charge is 0.0314 e. The van der Waals surface area contributed by atoms with Crippen LogP contribution in [-0.2, 0) is 0 Å². The topological polar surface area (TPSA) is 3.01 Å². The van der Waals surface area contributed by atoms with Gasteiger partial charge in [0.25, 0.3) is 0 Å². The van der Waals surface area contributed by atoms with E-state index in [4.69, 9.17) is 0 Å². The summed E-state index contributed by atoms with van der Waals surface area (Å²) in [7, 11) is 0. The van der Waals surface area contributed by atoms with Crippen LogP contribution in [0.25, 0.3) is 0 Å². The first-order chi connectivity index (χ1) is 7.03. The maximum Gasteiger partial charge on any atom is 0.0314 e. The Hall–Kier alpha value is -0.0400. The summed E-state index contributed by atoms with van der Waals surface area (Å²) in [5.74, 6) is 0.904. The minimum absolute atomic E-state index is 0.579. The molecule has 1 heteroatoms. The number of fused-ring (bicyclic) bond motifs is 1. The number of hydrogen-bond acceptors (Lipinski definition) is 1. The Morgan fingerprint density at radius 1 is 1.33 bits per heavy atom. The molecule has 0 N–H and O–H groups in total. The van der Waals surface area contributed by atoms with Crippen molar-refractivity contribution < 1.29 is 0 Å². The molecule has 0 aromatic carbocycles. The third-order valence-corrected chi connectivity index (χ3v) is 4.79. The second-order valence-corrected chi connectivity index (χ2v) is 6.47. The second kappa shape index (κ2) is 3.76. The lowest BCUT2D eigenvalue weighted by Crippen LogP contribution is -2.27. The normalized spacial score (nSPS) is 49.6. The molecular formula is C14H27N. The van der Waals surface area contributed by atoms with Crippen molar-refractivity contribution in [3.05, 3.63) is 0 Å². The molecule has 4 unspecified atom stereocenters. The molecule has 0 aromatic rings. The second-order valence-electron chi connectivity index (χ2n) is 6.47. The lowest BCUT2D eigenvalue weighted by Gasteiger charge is -2.35. The molecule has 2 rings (SSSR count). The molecule has 2 heterocycles. The van der Waals surface area contributed by atoms with Gasteiger partial charge in [0, 0.05) is 18.6 Å². The summed E-state index contributed by atoms with van der Waals surface area (Å²) in [6.45, 7) is 12.4. The Morgan fingerprint density at radius 3 is 2.67 bits per heavy atom. The standard InChI is InChI=1S/C14H27N/c1-5-7-14(6-2)8-12(3)9-15-11-13(15,4)10-14/h12H,5-11H2,1-4H3. The quantitative estimate of drug-likeness (QED) is 0.641. The highest BCUT2D eigenvalue weighted by Crippen LogP contribution is 2.52. The SMILES string of the molecule is CCCC1(CC)CC(C)CN2CC2(C)C1. The van der Waals surface area contributed by atoms with Crippen molar-refractivity contribution in [3.8, 4) is 0 Å². The summed E-state index contributed by atoms with van der Waals surface area (Å²) in [5, 5.41) is 0. The summed E-state index contributed by atoms with van der Waals surface area (Å²) >= 11 is 0. The Morgan fingerprint density at radius 2 is 2.07 bits per heavy atom. The summed E-state index contributed by atoms with van der Waals surface area (Å²) in [4.78, 5) is 2.70. The van der Waals surface area contributed by atoms with Crippen LogP contribution >= 0.6 is 0 Å². The van der Waals surface area contributed by atoms with Gasteiger partial charge in [-0.1, -0.05) is 33.6 Å². The zero-order valence-corrected chi connectivity index (χ0v) is 11.0. The van der Waals surface area contributed by atoms with Gasteiger partial charge in [-0.05, 0) is 37.5 Å². The maximum absolute atomic E-state index is 2.70. The molecule has 0 spiro atoms. The molecule has 88 valence electrons. The molecule has 15 heavy (non-hydrogen) atoms. The molecule has 2 aliphatic rings. The highest BCUT2D eigenvalue weighted by Gasteiger charge is 2.54. The van der Waals surface area contributed by atoms with E-state index in [0.29, 0.717) is 11.0 Å². The lowest BCUT2D eigenvalue weighted by molar-refractivity contribution is 0.173. The first kappa shape index (κ1) is 11.4. The molecule has 2 fully saturated rings. The van der Waals surface area contributed by atoms with Gasteiger partial charge in [-0.3, -0.25) is 4.90 Å². The van der Waals surface area contributed by atoms with Gasteiger partial charge in [0.1, 0.15) is 0 Å². The Labute approximate surface area is 95.2 Å². The van der Waals surface area contributed by atoms with Gasteiger partial charge in [0.15, 0.2) is 0 Å². The first-order valence-electron chi connectivity index (χ1n) is 6.79. The predicted octanol–water partition coefficient (Wildman–Crippen LogP) is 3.69. The van der Waals surface area contributed by atoms with Gasteiger partial charge in [-0.25, -0.2) is 0 Å². The fraction of sp³-hybridized carbons (Fsp3) is 1.00. The number of rotatable bonds is 3. The van der Waals surface area contributed by atoms with Gasteiger partial charge in [-0.15, -0.1) is 0 Å². The first-order valence-corrected chi connectivity index (χ1v) is 6.79. The van der Waals surface area contributed by atoms with Crippen LogP contribution in [0.1, 0.15) is 59.8 Å². The van der Waals surface area contributed by atoms with Crippen molar-refractivity contribution in [1.82, 2.24) is 4.90 Å². The summed E-state index contributed by atoms with van der Waals surface area (Å²) in [6, 6.07) is 0. The number of hydrogen-bond donors (Lipinski definition) is 0. The molecule has 0 saturated carbocycles. The molecule has 2 saturated heterocycles. The minimum Gasteiger partial charge on any atom is -0.295 e. The molecular weight excluding hydrogens is 182 g/mol. The Bertz CT molecular complexity index is 237. The zero-order valence-electron chi connectivity index (χ0n) is 11.0. The molecule has 0 aliphatic carbocycles. The summed E-state index contributed by atoms with van der Waals surface area (Å²) < 4.78 is 0. The molecule has 0 bridgehead atoms. The van der Waals surface area contributed by atoms with Crippen LogP contribution in [0, 0.1) is 11.3 Å². The van der Waals surface area contributed by atoms with Crippen LogP contribution in [0.4, 0.5) is 0 Å². The average molecular weight is 209 g/mol. The molecule has 1 nitrogen and oxygen atoms in total. The van der Waals surface area contributed by atoms with E-state index in [1.54, 1.807) is 0 Å². The monoisotopic (exact) mass is 209 g/mol. The highest BCUT2D eigenvalue weighted by atomic mass is 15.4. The van der Waals surface area contributed by atoms with E-state index in [1.807, 2.05) is 0 Å². The van der Waals surface area contributed by atoms with E-state index in [1.165, 1.54) is 45.2 Å². The van der Waals surface area contributed by atoms with Crippen LogP contribution in [0.3, 0.4) is 0 Å². The van der Waals surface area contributed by atoms with E-state index in [2.05, 4.69) is 32.6 Å². The lowest BCUT2D eigenvalue weighted by atomic mass is 9.69. The van der Waals surface area contributed by atoms with Crippen molar-refractivity contribution in [2.45, 2.75) is 65.3 Å². The van der Waals surface area contributed by atoms with Crippen molar-refractivity contribution in [2.24, 2.45) is 11.3 Å². The predicted molar refractivity (Wildman–Crippen MR) is 66.0 cm³/mol. The number of nitrogens with zero attached hydrogens (tertiary/aromatic N) is 1. The fourth-order valence-electron chi connectivity index (χ4n) is 4.06. The Kier molecular flexibility index (Phi) is 2.87. The molecule has 2 aliphatic heterocycles. The van der Waals surface area contributed by atoms with E-state index in [9.17, 15) is 0 Å². The fourth-order valence-corrected chi connectivity index (χ4v) is 4.06. The molecule has 0 amide bonds. The third-order valence-electron chi connectivity index (χ3n) is 4.79. The van der Waals surface area contributed by atoms with Gasteiger partial charge >= 0.3 is 0 Å². The van der Waals surface area contributed by atoms with Gasteiger partial charge in [0.2, 0.25) is 0 Å². The van der Waals surface area contributed by atoms with Crippen LogP contribution in [0.5, 0.6) is 0 Å². The summed E-state index contributed by atoms with van der Waals surface area (Å²) in [5.41, 5.74) is 1.24. The van der Waals surface area contributed by atoms with E-state index < -0.39 is 0 Å². The summed E-state index contributed by atoms with van der Waals surface area (Å²) in [6.07, 6.45) is 7.10. The van der Waals surface area contributed by atoms with Crippen LogP contribution in [0.15, 0.2) is 0 Å². The van der Waals surface area contributed by atoms with Crippen LogP contribution in [0.2, 0.25) is 0 Å². The van der Waals surface area contributed by atoms with E-state index >= 15 is 0 Å². The maximum atomic E-state index is 2.70. The van der Waals surface area contributed by atoms with Crippen molar-refractivity contribution in [1.29, 1.82) is 0 Å². The van der Waals surface area contributed by atoms with Gasteiger partial charge in [-0.2, -0.15) is 0 Å². The molecule has 4 atom stereocenters. The van der Waals surface area contributed by atoms with Crippen molar-refractivity contribution in [2.75, 3.05) is 13.1 Å². The van der Waals surface area contributed by atoms with E-state index in [-0.39, 0.29) is 0 Å². The third kappa shape index (κ3) is 2.08. The van der Waals surface area contributed by atoms with Gasteiger partial charge in [0.05, 0.1) is 0 Å². The zero-order chi connectivity index (χ0) is 11.1. The van der Waals surface area contributed by atoms with Crippen molar-refractivity contribution in [3.63, 3.8) is 0 Å². The largest absolute Gasteiger partial charge is 0.295 e.